The number of aryl methyl sites for hydroxylation is 2. The van der Waals surface area contributed by atoms with Gasteiger partial charge in [0.25, 0.3) is 0 Å². The Morgan fingerprint density at radius 1 is 0.812 bits per heavy atom. The van der Waals surface area contributed by atoms with Crippen molar-refractivity contribution in [2.75, 3.05) is 0 Å². The fraction of sp³-hybridized carbons (Fsp3) is 0.143. The van der Waals surface area contributed by atoms with E-state index in [9.17, 15) is 8.78 Å². The highest BCUT2D eigenvalue weighted by Gasteiger charge is 1.88. The number of hydrogen-bond donors (Lipinski definition) is 0. The van der Waals surface area contributed by atoms with Crippen molar-refractivity contribution in [2.24, 2.45) is 0 Å². The van der Waals surface area contributed by atoms with Gasteiger partial charge < -0.3 is 0 Å². The summed E-state index contributed by atoms with van der Waals surface area (Å²) in [6.45, 7) is 3.61. The molecule has 0 unspecified atom stereocenters. The van der Waals surface area contributed by atoms with Crippen LogP contribution in [0.4, 0.5) is 8.78 Å². The Morgan fingerprint density at radius 3 is 1.88 bits per heavy atom. The van der Waals surface area contributed by atoms with Crippen LogP contribution in [0.3, 0.4) is 0 Å². The smallest absolute Gasteiger partial charge is 0.126 e. The SMILES string of the molecule is Cc1cccc(F)c1.Cc1ccccc1F. The fourth-order valence-corrected chi connectivity index (χ4v) is 1.16. The summed E-state index contributed by atoms with van der Waals surface area (Å²) >= 11 is 0. The zero-order valence-corrected chi connectivity index (χ0v) is 9.37. The molecule has 0 amide bonds. The Labute approximate surface area is 94.6 Å². The maximum atomic E-state index is 12.3. The normalized spacial score (nSPS) is 9.25. The molecule has 2 aromatic carbocycles. The second kappa shape index (κ2) is 6.01. The average molecular weight is 220 g/mol. The first-order valence-electron chi connectivity index (χ1n) is 5.03. The summed E-state index contributed by atoms with van der Waals surface area (Å²) in [4.78, 5) is 0. The molecular formula is C14H14F2. The molecule has 2 aromatic rings. The lowest BCUT2D eigenvalue weighted by molar-refractivity contribution is 0.618. The summed E-state index contributed by atoms with van der Waals surface area (Å²) < 4.78 is 24.5. The lowest BCUT2D eigenvalue weighted by Crippen LogP contribution is -1.76. The molecule has 2 rings (SSSR count). The van der Waals surface area contributed by atoms with E-state index < -0.39 is 0 Å². The summed E-state index contributed by atoms with van der Waals surface area (Å²) in [5, 5.41) is 0. The molecule has 0 atom stereocenters. The number of hydrogen-bond acceptors (Lipinski definition) is 0. The third-order valence-electron chi connectivity index (χ3n) is 2.06. The summed E-state index contributed by atoms with van der Waals surface area (Å²) in [6.07, 6.45) is 0. The van der Waals surface area contributed by atoms with Crippen molar-refractivity contribution in [2.45, 2.75) is 13.8 Å². The van der Waals surface area contributed by atoms with E-state index in [1.54, 1.807) is 25.1 Å². The molecule has 0 aliphatic heterocycles. The van der Waals surface area contributed by atoms with Crippen LogP contribution in [-0.4, -0.2) is 0 Å². The summed E-state index contributed by atoms with van der Waals surface area (Å²) in [5.74, 6) is -0.294. The number of halogens is 2. The fourth-order valence-electron chi connectivity index (χ4n) is 1.16. The lowest BCUT2D eigenvalue weighted by Gasteiger charge is -1.89. The van der Waals surface area contributed by atoms with Gasteiger partial charge in [0.05, 0.1) is 0 Å². The van der Waals surface area contributed by atoms with Gasteiger partial charge in [-0.2, -0.15) is 0 Å². The minimum atomic E-state index is -0.162. The number of benzene rings is 2. The first-order chi connectivity index (χ1) is 7.59. The molecule has 0 saturated heterocycles. The molecule has 0 heterocycles. The molecule has 0 N–H and O–H groups in total. The molecule has 0 aliphatic carbocycles. The first-order valence-corrected chi connectivity index (χ1v) is 5.03. The zero-order chi connectivity index (χ0) is 12.0. The second-order valence-electron chi connectivity index (χ2n) is 3.55. The van der Waals surface area contributed by atoms with Crippen molar-refractivity contribution in [3.8, 4) is 0 Å². The van der Waals surface area contributed by atoms with Crippen LogP contribution in [0.2, 0.25) is 0 Å². The van der Waals surface area contributed by atoms with Crippen molar-refractivity contribution in [3.63, 3.8) is 0 Å². The van der Waals surface area contributed by atoms with Crippen LogP contribution in [0.15, 0.2) is 48.5 Å². The maximum absolute atomic E-state index is 12.3. The average Bonchev–Trinajstić information content (AvgIpc) is 2.23. The Bertz CT molecular complexity index is 412. The van der Waals surface area contributed by atoms with Gasteiger partial charge in [0.1, 0.15) is 11.6 Å². The van der Waals surface area contributed by atoms with Crippen LogP contribution in [0, 0.1) is 25.5 Å². The molecule has 0 nitrogen and oxygen atoms in total. The van der Waals surface area contributed by atoms with Gasteiger partial charge in [0, 0.05) is 0 Å². The molecule has 0 spiro atoms. The van der Waals surface area contributed by atoms with E-state index in [0.29, 0.717) is 5.56 Å². The van der Waals surface area contributed by atoms with Gasteiger partial charge in [-0.3, -0.25) is 0 Å². The van der Waals surface area contributed by atoms with E-state index >= 15 is 0 Å². The molecule has 0 saturated carbocycles. The second-order valence-corrected chi connectivity index (χ2v) is 3.55. The van der Waals surface area contributed by atoms with Gasteiger partial charge in [-0.25, -0.2) is 8.78 Å². The highest BCUT2D eigenvalue weighted by Crippen LogP contribution is 2.02. The molecule has 0 fully saturated rings. The Kier molecular flexibility index (Phi) is 4.65. The highest BCUT2D eigenvalue weighted by molar-refractivity contribution is 5.14. The largest absolute Gasteiger partial charge is 0.207 e. The van der Waals surface area contributed by atoms with Crippen molar-refractivity contribution in [3.05, 3.63) is 71.3 Å². The van der Waals surface area contributed by atoms with Gasteiger partial charge in [-0.1, -0.05) is 30.3 Å². The predicted octanol–water partition coefficient (Wildman–Crippen LogP) is 4.27. The van der Waals surface area contributed by atoms with Crippen molar-refractivity contribution in [1.82, 2.24) is 0 Å². The first kappa shape index (κ1) is 12.4. The monoisotopic (exact) mass is 220 g/mol. The summed E-state index contributed by atoms with van der Waals surface area (Å²) in [6, 6.07) is 13.2. The van der Waals surface area contributed by atoms with Gasteiger partial charge in [0.15, 0.2) is 0 Å². The number of rotatable bonds is 0. The maximum Gasteiger partial charge on any atom is 0.126 e. The molecule has 84 valence electrons. The van der Waals surface area contributed by atoms with E-state index in [0.717, 1.165) is 5.56 Å². The van der Waals surface area contributed by atoms with E-state index in [1.165, 1.54) is 18.2 Å². The van der Waals surface area contributed by atoms with Gasteiger partial charge in [-0.15, -0.1) is 0 Å². The quantitative estimate of drug-likeness (QED) is 0.622. The van der Waals surface area contributed by atoms with Crippen molar-refractivity contribution in [1.29, 1.82) is 0 Å². The molecule has 0 aromatic heterocycles. The van der Waals surface area contributed by atoms with Crippen LogP contribution in [0.25, 0.3) is 0 Å². The molecule has 0 aliphatic rings. The Morgan fingerprint density at radius 2 is 1.50 bits per heavy atom. The minimum Gasteiger partial charge on any atom is -0.207 e. The zero-order valence-electron chi connectivity index (χ0n) is 9.37. The summed E-state index contributed by atoms with van der Waals surface area (Å²) in [7, 11) is 0. The molecule has 16 heavy (non-hydrogen) atoms. The third-order valence-corrected chi connectivity index (χ3v) is 2.06. The van der Waals surface area contributed by atoms with Gasteiger partial charge in [0.2, 0.25) is 0 Å². The van der Waals surface area contributed by atoms with E-state index in [1.807, 2.05) is 19.1 Å². The van der Waals surface area contributed by atoms with Crippen LogP contribution < -0.4 is 0 Å². The predicted molar refractivity (Wildman–Crippen MR) is 62.3 cm³/mol. The topological polar surface area (TPSA) is 0 Å². The van der Waals surface area contributed by atoms with E-state index in [-0.39, 0.29) is 11.6 Å². The van der Waals surface area contributed by atoms with Crippen molar-refractivity contribution < 1.29 is 8.78 Å². The molecule has 0 bridgehead atoms. The molecular weight excluding hydrogens is 206 g/mol. The van der Waals surface area contributed by atoms with E-state index in [4.69, 9.17) is 0 Å². The summed E-state index contributed by atoms with van der Waals surface area (Å²) in [5.41, 5.74) is 1.66. The van der Waals surface area contributed by atoms with E-state index in [2.05, 4.69) is 0 Å². The molecule has 0 radical (unpaired) electrons. The lowest BCUT2D eigenvalue weighted by atomic mass is 10.2. The van der Waals surface area contributed by atoms with Gasteiger partial charge in [-0.05, 0) is 43.2 Å². The Hall–Kier alpha value is -1.70. The van der Waals surface area contributed by atoms with Crippen LogP contribution >= 0.6 is 0 Å². The van der Waals surface area contributed by atoms with Crippen LogP contribution in [-0.2, 0) is 0 Å². The third kappa shape index (κ3) is 4.22. The highest BCUT2D eigenvalue weighted by atomic mass is 19.1. The molecule has 2 heteroatoms. The minimum absolute atomic E-state index is 0.132. The van der Waals surface area contributed by atoms with Crippen LogP contribution in [0.5, 0.6) is 0 Å². The van der Waals surface area contributed by atoms with Crippen molar-refractivity contribution >= 4 is 0 Å². The Balaban J connectivity index is 0.000000160. The van der Waals surface area contributed by atoms with Gasteiger partial charge >= 0.3 is 0 Å². The van der Waals surface area contributed by atoms with Crippen LogP contribution in [0.1, 0.15) is 11.1 Å². The standard InChI is InChI=1S/2C7H7F/c1-6-3-2-4-7(8)5-6;1-6-4-2-3-5-7(6)8/h2*2-5H,1H3.